The lowest BCUT2D eigenvalue weighted by Gasteiger charge is -2.25. The van der Waals surface area contributed by atoms with Crippen molar-refractivity contribution in [2.75, 3.05) is 13.1 Å². The van der Waals surface area contributed by atoms with Crippen LogP contribution in [0.15, 0.2) is 57.1 Å². The van der Waals surface area contributed by atoms with Crippen LogP contribution in [0.25, 0.3) is 5.65 Å². The highest BCUT2D eigenvalue weighted by molar-refractivity contribution is 9.10. The summed E-state index contributed by atoms with van der Waals surface area (Å²) in [6, 6.07) is 11.5. The first-order valence-corrected chi connectivity index (χ1v) is 12.0. The minimum absolute atomic E-state index is 0.230. The third-order valence-corrected chi connectivity index (χ3v) is 7.98. The highest BCUT2D eigenvalue weighted by Crippen LogP contribution is 2.27. The molecule has 142 valence electrons. The lowest BCUT2D eigenvalue weighted by Crippen LogP contribution is -2.35. The number of sulfonamides is 1. The van der Waals surface area contributed by atoms with E-state index in [4.69, 9.17) is 0 Å². The molecule has 2 aromatic heterocycles. The van der Waals surface area contributed by atoms with Crippen LogP contribution in [0, 0.1) is 0 Å². The van der Waals surface area contributed by atoms with Gasteiger partial charge in [-0.05, 0) is 42.7 Å². The van der Waals surface area contributed by atoms with Gasteiger partial charge in [-0.3, -0.25) is 4.40 Å². The molecule has 0 saturated carbocycles. The molecule has 3 heterocycles. The quantitative estimate of drug-likeness (QED) is 0.532. The molecule has 1 aromatic carbocycles. The number of rotatable bonds is 5. The van der Waals surface area contributed by atoms with Gasteiger partial charge in [-0.1, -0.05) is 46.2 Å². The molecular formula is C18H19BrN4O2S2. The summed E-state index contributed by atoms with van der Waals surface area (Å²) in [6.07, 6.45) is 4.71. The molecule has 4 rings (SSSR count). The molecule has 3 aromatic rings. The molecule has 1 saturated heterocycles. The van der Waals surface area contributed by atoms with Gasteiger partial charge in [0, 0.05) is 29.5 Å². The molecule has 0 radical (unpaired) electrons. The second-order valence-electron chi connectivity index (χ2n) is 6.43. The molecule has 9 heteroatoms. The van der Waals surface area contributed by atoms with E-state index in [2.05, 4.69) is 32.2 Å². The van der Waals surface area contributed by atoms with Gasteiger partial charge < -0.3 is 0 Å². The number of piperidine rings is 1. The Bertz CT molecular complexity index is 1060. The van der Waals surface area contributed by atoms with Crippen molar-refractivity contribution in [3.63, 3.8) is 0 Å². The SMILES string of the molecule is O=S(=O)(c1cccn2c(SCc3cccc(Br)c3)nnc12)N1CCCCC1. The largest absolute Gasteiger partial charge is 0.276 e. The van der Waals surface area contributed by atoms with E-state index >= 15 is 0 Å². The topological polar surface area (TPSA) is 67.6 Å². The highest BCUT2D eigenvalue weighted by atomic mass is 79.9. The van der Waals surface area contributed by atoms with Gasteiger partial charge in [0.1, 0.15) is 4.90 Å². The van der Waals surface area contributed by atoms with E-state index in [9.17, 15) is 8.42 Å². The van der Waals surface area contributed by atoms with Crippen LogP contribution in [0.3, 0.4) is 0 Å². The number of aromatic nitrogens is 3. The summed E-state index contributed by atoms with van der Waals surface area (Å²) in [4.78, 5) is 0.230. The molecule has 0 amide bonds. The van der Waals surface area contributed by atoms with Gasteiger partial charge in [0.15, 0.2) is 10.8 Å². The number of benzene rings is 1. The van der Waals surface area contributed by atoms with Crippen molar-refractivity contribution >= 4 is 43.4 Å². The van der Waals surface area contributed by atoms with Crippen LogP contribution in [0.5, 0.6) is 0 Å². The van der Waals surface area contributed by atoms with Gasteiger partial charge in [0.05, 0.1) is 0 Å². The van der Waals surface area contributed by atoms with E-state index in [1.807, 2.05) is 24.4 Å². The zero-order valence-corrected chi connectivity index (χ0v) is 17.8. The van der Waals surface area contributed by atoms with Crippen molar-refractivity contribution in [2.45, 2.75) is 35.1 Å². The number of halogens is 1. The number of thioether (sulfide) groups is 1. The number of nitrogens with zero attached hydrogens (tertiary/aromatic N) is 4. The van der Waals surface area contributed by atoms with E-state index in [1.54, 1.807) is 20.8 Å². The Labute approximate surface area is 171 Å². The molecule has 0 N–H and O–H groups in total. The number of pyridine rings is 1. The van der Waals surface area contributed by atoms with E-state index in [0.29, 0.717) is 23.9 Å². The van der Waals surface area contributed by atoms with Gasteiger partial charge >= 0.3 is 0 Å². The number of fused-ring (bicyclic) bond motifs is 1. The Kier molecular flexibility index (Phi) is 5.54. The molecule has 0 atom stereocenters. The zero-order chi connectivity index (χ0) is 18.9. The molecule has 0 bridgehead atoms. The van der Waals surface area contributed by atoms with Crippen molar-refractivity contribution in [3.05, 3.63) is 52.6 Å². The van der Waals surface area contributed by atoms with Crippen molar-refractivity contribution in [2.24, 2.45) is 0 Å². The van der Waals surface area contributed by atoms with Crippen LogP contribution in [-0.2, 0) is 15.8 Å². The molecule has 27 heavy (non-hydrogen) atoms. The van der Waals surface area contributed by atoms with Gasteiger partial charge in [-0.15, -0.1) is 10.2 Å². The molecule has 1 aliphatic heterocycles. The maximum atomic E-state index is 13.1. The Hall–Kier alpha value is -1.42. The predicted octanol–water partition coefficient (Wildman–Crippen LogP) is 3.96. The Morgan fingerprint density at radius 1 is 1.07 bits per heavy atom. The third kappa shape index (κ3) is 3.91. The van der Waals surface area contributed by atoms with Gasteiger partial charge in [0.25, 0.3) is 0 Å². The second-order valence-corrected chi connectivity index (χ2v) is 10.2. The number of hydrogen-bond acceptors (Lipinski definition) is 5. The van der Waals surface area contributed by atoms with E-state index < -0.39 is 10.0 Å². The van der Waals surface area contributed by atoms with Crippen molar-refractivity contribution in [1.82, 2.24) is 18.9 Å². The van der Waals surface area contributed by atoms with Crippen LogP contribution in [0.2, 0.25) is 0 Å². The van der Waals surface area contributed by atoms with Crippen molar-refractivity contribution < 1.29 is 8.42 Å². The first-order chi connectivity index (χ1) is 13.1. The highest BCUT2D eigenvalue weighted by Gasteiger charge is 2.29. The molecule has 0 spiro atoms. The number of hydrogen-bond donors (Lipinski definition) is 0. The summed E-state index contributed by atoms with van der Waals surface area (Å²) in [5.41, 5.74) is 1.54. The minimum atomic E-state index is -3.55. The summed E-state index contributed by atoms with van der Waals surface area (Å²) >= 11 is 5.01. The monoisotopic (exact) mass is 466 g/mol. The first-order valence-electron chi connectivity index (χ1n) is 8.77. The molecule has 1 fully saturated rings. The summed E-state index contributed by atoms with van der Waals surface area (Å²) in [6.45, 7) is 1.14. The lowest BCUT2D eigenvalue weighted by molar-refractivity contribution is 0.347. The van der Waals surface area contributed by atoms with Crippen molar-refractivity contribution in [3.8, 4) is 0 Å². The molecule has 1 aliphatic rings. The fraction of sp³-hybridized carbons (Fsp3) is 0.333. The molecular weight excluding hydrogens is 448 g/mol. The minimum Gasteiger partial charge on any atom is -0.276 e. The van der Waals surface area contributed by atoms with Crippen LogP contribution in [0.4, 0.5) is 0 Å². The van der Waals surface area contributed by atoms with E-state index in [-0.39, 0.29) is 4.90 Å². The fourth-order valence-electron chi connectivity index (χ4n) is 3.19. The van der Waals surface area contributed by atoms with Gasteiger partial charge in [-0.2, -0.15) is 4.31 Å². The van der Waals surface area contributed by atoms with Crippen LogP contribution in [-0.4, -0.2) is 40.4 Å². The third-order valence-electron chi connectivity index (χ3n) is 4.56. The Balaban J connectivity index is 1.63. The predicted molar refractivity (Wildman–Crippen MR) is 109 cm³/mol. The Morgan fingerprint density at radius 3 is 2.67 bits per heavy atom. The average molecular weight is 467 g/mol. The smallest absolute Gasteiger partial charge is 0.246 e. The Morgan fingerprint density at radius 2 is 1.89 bits per heavy atom. The van der Waals surface area contributed by atoms with Crippen LogP contribution in [0.1, 0.15) is 24.8 Å². The van der Waals surface area contributed by atoms with Crippen molar-refractivity contribution in [1.29, 1.82) is 0 Å². The maximum Gasteiger partial charge on any atom is 0.246 e. The zero-order valence-electron chi connectivity index (χ0n) is 14.6. The first kappa shape index (κ1) is 18.9. The van der Waals surface area contributed by atoms with Gasteiger partial charge in [-0.25, -0.2) is 8.42 Å². The summed E-state index contributed by atoms with van der Waals surface area (Å²) in [5, 5.41) is 9.10. The normalized spacial score (nSPS) is 16.0. The molecule has 0 unspecified atom stereocenters. The summed E-state index contributed by atoms with van der Waals surface area (Å²) in [7, 11) is -3.55. The maximum absolute atomic E-state index is 13.1. The van der Waals surface area contributed by atoms with E-state index in [1.165, 1.54) is 11.8 Å². The van der Waals surface area contributed by atoms with Crippen LogP contribution >= 0.6 is 27.7 Å². The molecule has 0 aliphatic carbocycles. The van der Waals surface area contributed by atoms with E-state index in [0.717, 1.165) is 35.1 Å². The lowest BCUT2D eigenvalue weighted by atomic mass is 10.2. The standard InChI is InChI=1S/C18H19BrN4O2S2/c19-15-7-4-6-14(12-15)13-26-18-21-20-17-16(8-5-11-23(17)18)27(24,25)22-9-2-1-3-10-22/h4-8,11-12H,1-3,9-10,13H2. The summed E-state index contributed by atoms with van der Waals surface area (Å²) in [5.74, 6) is 0.726. The fourth-order valence-corrected chi connectivity index (χ4v) is 6.13. The average Bonchev–Trinajstić information content (AvgIpc) is 3.10. The van der Waals surface area contributed by atoms with Gasteiger partial charge in [0.2, 0.25) is 10.0 Å². The second kappa shape index (κ2) is 7.90. The van der Waals surface area contributed by atoms with Crippen LogP contribution < -0.4 is 0 Å². The molecule has 6 nitrogen and oxygen atoms in total. The summed E-state index contributed by atoms with van der Waals surface area (Å²) < 4.78 is 30.5.